The molecular weight excluding hydrogens is 423 g/mol. The molecule has 1 saturated carbocycles. The molecule has 182 valence electrons. The highest BCUT2D eigenvalue weighted by molar-refractivity contribution is 5.16. The van der Waals surface area contributed by atoms with Crippen molar-refractivity contribution in [2.75, 3.05) is 26.2 Å². The molecule has 5 aliphatic heterocycles. The number of benzene rings is 1. The van der Waals surface area contributed by atoms with Gasteiger partial charge in [-0.1, -0.05) is 26.0 Å². The van der Waals surface area contributed by atoms with Crippen molar-refractivity contribution in [3.8, 4) is 0 Å². The van der Waals surface area contributed by atoms with Crippen molar-refractivity contribution in [1.29, 1.82) is 0 Å². The first-order valence-electron chi connectivity index (χ1n) is 12.8. The van der Waals surface area contributed by atoms with Crippen molar-refractivity contribution < 1.29 is 23.6 Å². The Labute approximate surface area is 196 Å². The second kappa shape index (κ2) is 8.25. The van der Waals surface area contributed by atoms with Gasteiger partial charge in [0.15, 0.2) is 11.9 Å². The third kappa shape index (κ3) is 3.67. The third-order valence-corrected chi connectivity index (χ3v) is 9.21. The molecule has 7 heteroatoms. The van der Waals surface area contributed by atoms with Gasteiger partial charge in [0.1, 0.15) is 12.0 Å². The molecule has 5 heterocycles. The Morgan fingerprint density at radius 3 is 2.48 bits per heavy atom. The van der Waals surface area contributed by atoms with E-state index in [-0.39, 0.29) is 18.3 Å². The normalized spacial score (nSPS) is 46.1. The van der Waals surface area contributed by atoms with Crippen LogP contribution in [0.1, 0.15) is 52.0 Å². The number of ether oxygens (including phenoxy) is 2. The lowest BCUT2D eigenvalue weighted by atomic mass is 9.58. The van der Waals surface area contributed by atoms with E-state index in [1.807, 2.05) is 19.1 Å². The van der Waals surface area contributed by atoms with E-state index in [0.29, 0.717) is 23.7 Å². The molecule has 1 aliphatic carbocycles. The van der Waals surface area contributed by atoms with E-state index in [2.05, 4.69) is 23.6 Å². The maximum Gasteiger partial charge on any atom is 0.201 e. The van der Waals surface area contributed by atoms with E-state index in [1.54, 1.807) is 12.1 Å². The van der Waals surface area contributed by atoms with Gasteiger partial charge < -0.3 is 9.47 Å². The van der Waals surface area contributed by atoms with Gasteiger partial charge >= 0.3 is 0 Å². The maximum atomic E-state index is 13.2. The fourth-order valence-corrected chi connectivity index (χ4v) is 7.33. The monoisotopic (exact) mass is 460 g/mol. The Kier molecular flexibility index (Phi) is 5.59. The molecule has 0 aromatic heterocycles. The van der Waals surface area contributed by atoms with E-state index in [0.717, 1.165) is 57.5 Å². The minimum Gasteiger partial charge on any atom is -0.331 e. The van der Waals surface area contributed by atoms with Crippen molar-refractivity contribution in [3.05, 3.63) is 35.6 Å². The van der Waals surface area contributed by atoms with Crippen LogP contribution < -0.4 is 0 Å². The Morgan fingerprint density at radius 1 is 0.970 bits per heavy atom. The van der Waals surface area contributed by atoms with Crippen molar-refractivity contribution in [1.82, 2.24) is 9.80 Å². The molecule has 5 saturated heterocycles. The number of fused-ring (bicyclic) bond motifs is 2. The topological polar surface area (TPSA) is 43.4 Å². The van der Waals surface area contributed by atoms with Crippen LogP contribution in [0.3, 0.4) is 0 Å². The van der Waals surface area contributed by atoms with Crippen LogP contribution in [0.25, 0.3) is 0 Å². The molecule has 7 rings (SSSR count). The SMILES string of the molecule is C[C@H]1[C@H](N2CCN(Cc3ccc(F)cc3)CC2)O[C@@H]2O[C@@]3(C)CC[C@H]4[C@H](C)CC[C@@H]1[C@@]24OO3. The Morgan fingerprint density at radius 2 is 1.73 bits per heavy atom. The van der Waals surface area contributed by atoms with Gasteiger partial charge in [-0.25, -0.2) is 14.2 Å². The van der Waals surface area contributed by atoms with E-state index >= 15 is 0 Å². The average molecular weight is 461 g/mol. The molecular formula is C26H37FN2O4. The molecule has 8 atom stereocenters. The highest BCUT2D eigenvalue weighted by atomic mass is 19.1. The van der Waals surface area contributed by atoms with Gasteiger partial charge in [-0.15, -0.1) is 0 Å². The largest absolute Gasteiger partial charge is 0.331 e. The summed E-state index contributed by atoms with van der Waals surface area (Å²) in [7, 11) is 0. The maximum absolute atomic E-state index is 13.2. The van der Waals surface area contributed by atoms with Crippen molar-refractivity contribution in [2.24, 2.45) is 23.7 Å². The lowest BCUT2D eigenvalue weighted by Gasteiger charge is -2.61. The number of piperazine rings is 1. The zero-order valence-electron chi connectivity index (χ0n) is 20.0. The van der Waals surface area contributed by atoms with Crippen LogP contribution in [0.2, 0.25) is 0 Å². The minimum absolute atomic E-state index is 0.0270. The molecule has 1 aromatic rings. The first-order chi connectivity index (χ1) is 15.9. The van der Waals surface area contributed by atoms with Crippen LogP contribution in [0.4, 0.5) is 4.39 Å². The second-order valence-corrected chi connectivity index (χ2v) is 11.2. The molecule has 2 bridgehead atoms. The van der Waals surface area contributed by atoms with Crippen molar-refractivity contribution >= 4 is 0 Å². The van der Waals surface area contributed by atoms with E-state index in [9.17, 15) is 4.39 Å². The fraction of sp³-hybridized carbons (Fsp3) is 0.769. The van der Waals surface area contributed by atoms with Gasteiger partial charge in [-0.2, -0.15) is 0 Å². The number of rotatable bonds is 3. The van der Waals surface area contributed by atoms with Gasteiger partial charge in [-0.3, -0.25) is 9.80 Å². The van der Waals surface area contributed by atoms with Crippen LogP contribution in [-0.2, 0) is 25.8 Å². The number of nitrogens with zero attached hydrogens (tertiary/aromatic N) is 2. The summed E-state index contributed by atoms with van der Waals surface area (Å²) in [5, 5.41) is 0. The summed E-state index contributed by atoms with van der Waals surface area (Å²) in [5.74, 6) is 0.787. The van der Waals surface area contributed by atoms with Crippen LogP contribution in [0.15, 0.2) is 24.3 Å². The Hall–Kier alpha value is -1.09. The summed E-state index contributed by atoms with van der Waals surface area (Å²) in [4.78, 5) is 17.2. The quantitative estimate of drug-likeness (QED) is 0.632. The summed E-state index contributed by atoms with van der Waals surface area (Å²) in [6, 6.07) is 6.86. The average Bonchev–Trinajstić information content (AvgIpc) is 3.04. The summed E-state index contributed by atoms with van der Waals surface area (Å²) in [6.45, 7) is 11.4. The Bertz CT molecular complexity index is 862. The van der Waals surface area contributed by atoms with Gasteiger partial charge in [0.2, 0.25) is 5.79 Å². The molecule has 0 N–H and O–H groups in total. The summed E-state index contributed by atoms with van der Waals surface area (Å²) < 4.78 is 26.6. The molecule has 1 aromatic carbocycles. The van der Waals surface area contributed by atoms with Crippen LogP contribution >= 0.6 is 0 Å². The summed E-state index contributed by atoms with van der Waals surface area (Å²) in [6.07, 6.45) is 3.91. The molecule has 6 nitrogen and oxygen atoms in total. The minimum atomic E-state index is -0.726. The molecule has 33 heavy (non-hydrogen) atoms. The number of hydrogen-bond donors (Lipinski definition) is 0. The number of hydrogen-bond acceptors (Lipinski definition) is 6. The molecule has 0 unspecified atom stereocenters. The third-order valence-electron chi connectivity index (χ3n) is 9.21. The van der Waals surface area contributed by atoms with Gasteiger partial charge in [0, 0.05) is 51.0 Å². The van der Waals surface area contributed by atoms with Crippen molar-refractivity contribution in [3.63, 3.8) is 0 Å². The fourth-order valence-electron chi connectivity index (χ4n) is 7.33. The zero-order chi connectivity index (χ0) is 22.8. The van der Waals surface area contributed by atoms with Crippen molar-refractivity contribution in [2.45, 2.75) is 76.9 Å². The number of halogens is 1. The summed E-state index contributed by atoms with van der Waals surface area (Å²) >= 11 is 0. The van der Waals surface area contributed by atoms with Crippen LogP contribution in [0, 0.1) is 29.5 Å². The van der Waals surface area contributed by atoms with E-state index in [4.69, 9.17) is 19.2 Å². The first-order valence-corrected chi connectivity index (χ1v) is 12.8. The van der Waals surface area contributed by atoms with Gasteiger partial charge in [0.25, 0.3) is 0 Å². The van der Waals surface area contributed by atoms with Crippen LogP contribution in [-0.4, -0.2) is 59.9 Å². The molecule has 1 spiro atoms. The smallest absolute Gasteiger partial charge is 0.201 e. The molecule has 6 aliphatic rings. The van der Waals surface area contributed by atoms with Gasteiger partial charge in [0.05, 0.1) is 0 Å². The first kappa shape index (κ1) is 22.4. The Balaban J connectivity index is 1.18. The standard InChI is InChI=1S/C26H37FN2O4/c1-17-4-9-22-18(2)23(30-24-26(22)21(17)10-11-25(3,31-24)32-33-26)29-14-12-28(13-15-29)16-19-5-7-20(27)8-6-19/h5-8,17-18,21-24H,4,9-16H2,1-3H3/t17-,18-,21+,22+,23-,24-,25-,26-/m1/s1. The summed E-state index contributed by atoms with van der Waals surface area (Å²) in [5.41, 5.74) is 0.665. The molecule has 0 amide bonds. The highest BCUT2D eigenvalue weighted by Gasteiger charge is 2.69. The predicted molar refractivity (Wildman–Crippen MR) is 120 cm³/mol. The zero-order valence-corrected chi connectivity index (χ0v) is 20.0. The van der Waals surface area contributed by atoms with E-state index < -0.39 is 11.4 Å². The van der Waals surface area contributed by atoms with Crippen LogP contribution in [0.5, 0.6) is 0 Å². The molecule has 0 radical (unpaired) electrons. The van der Waals surface area contributed by atoms with E-state index in [1.165, 1.54) is 6.42 Å². The predicted octanol–water partition coefficient (Wildman–Crippen LogP) is 4.15. The van der Waals surface area contributed by atoms with Gasteiger partial charge in [-0.05, 0) is 55.7 Å². The molecule has 6 fully saturated rings. The lowest BCUT2D eigenvalue weighted by Crippen LogP contribution is -2.72. The highest BCUT2D eigenvalue weighted by Crippen LogP contribution is 2.60. The lowest BCUT2D eigenvalue weighted by molar-refractivity contribution is -0.574. The second-order valence-electron chi connectivity index (χ2n) is 11.2.